The Balaban J connectivity index is 1.73. The molecule has 0 fully saturated rings. The third-order valence-electron chi connectivity index (χ3n) is 6.45. The molecule has 0 saturated carbocycles. The molecule has 1 nitrogen and oxygen atoms in total. The first-order valence-corrected chi connectivity index (χ1v) is 10.5. The van der Waals surface area contributed by atoms with Gasteiger partial charge in [0.15, 0.2) is 0 Å². The maximum absolute atomic E-state index is 2.46. The number of fused-ring (bicyclic) bond motifs is 4. The molecule has 29 heavy (non-hydrogen) atoms. The largest absolute Gasteiger partial charge is 0.312 e. The van der Waals surface area contributed by atoms with E-state index in [0.717, 1.165) is 12.8 Å². The fourth-order valence-corrected chi connectivity index (χ4v) is 5.29. The van der Waals surface area contributed by atoms with Gasteiger partial charge in [0.2, 0.25) is 6.71 Å². The Hall–Kier alpha value is -3.26. The number of para-hydroxylation sites is 2. The van der Waals surface area contributed by atoms with Crippen LogP contribution in [0.2, 0.25) is 0 Å². The Morgan fingerprint density at radius 1 is 0.655 bits per heavy atom. The summed E-state index contributed by atoms with van der Waals surface area (Å²) in [5, 5.41) is 0. The molecule has 0 bridgehead atoms. The summed E-state index contributed by atoms with van der Waals surface area (Å²) in [6, 6.07) is 33.6. The van der Waals surface area contributed by atoms with Gasteiger partial charge in [-0.1, -0.05) is 83.3 Å². The van der Waals surface area contributed by atoms with Crippen LogP contribution in [0.1, 0.15) is 16.7 Å². The third kappa shape index (κ3) is 2.49. The SMILES string of the molecule is Cc1cc2c3c(c1)N(c1ccccc1)c1ccccc1B3c1ccccc1CC2. The first-order chi connectivity index (χ1) is 14.3. The second-order valence-corrected chi connectivity index (χ2v) is 8.22. The van der Waals surface area contributed by atoms with Crippen molar-refractivity contribution in [2.75, 3.05) is 4.90 Å². The highest BCUT2D eigenvalue weighted by atomic mass is 15.1. The van der Waals surface area contributed by atoms with Crippen LogP contribution in [-0.2, 0) is 12.8 Å². The summed E-state index contributed by atoms with van der Waals surface area (Å²) >= 11 is 0. The molecule has 138 valence electrons. The van der Waals surface area contributed by atoms with E-state index in [1.54, 1.807) is 0 Å². The minimum atomic E-state index is 0.301. The topological polar surface area (TPSA) is 3.24 Å². The van der Waals surface area contributed by atoms with Gasteiger partial charge in [0.1, 0.15) is 0 Å². The van der Waals surface area contributed by atoms with E-state index >= 15 is 0 Å². The van der Waals surface area contributed by atoms with Gasteiger partial charge in [-0.05, 0) is 60.5 Å². The monoisotopic (exact) mass is 371 g/mol. The zero-order valence-electron chi connectivity index (χ0n) is 16.6. The molecular formula is C27H22BN. The first kappa shape index (κ1) is 16.7. The molecule has 2 heteroatoms. The molecular weight excluding hydrogens is 349 g/mol. The summed E-state index contributed by atoms with van der Waals surface area (Å²) in [6.45, 7) is 2.53. The van der Waals surface area contributed by atoms with Crippen LogP contribution in [0.15, 0.2) is 91.0 Å². The predicted molar refractivity (Wildman–Crippen MR) is 124 cm³/mol. The maximum atomic E-state index is 2.46. The molecule has 2 aliphatic heterocycles. The van der Waals surface area contributed by atoms with Crippen molar-refractivity contribution < 1.29 is 0 Å². The van der Waals surface area contributed by atoms with Crippen LogP contribution >= 0.6 is 0 Å². The fourth-order valence-electron chi connectivity index (χ4n) is 5.29. The molecule has 4 aromatic carbocycles. The summed E-state index contributed by atoms with van der Waals surface area (Å²) in [5.41, 5.74) is 12.5. The molecule has 2 aliphatic rings. The molecule has 0 atom stereocenters. The Bertz CT molecular complexity index is 1230. The number of hydrogen-bond donors (Lipinski definition) is 0. The van der Waals surface area contributed by atoms with E-state index in [4.69, 9.17) is 0 Å². The van der Waals surface area contributed by atoms with Crippen molar-refractivity contribution in [1.29, 1.82) is 0 Å². The van der Waals surface area contributed by atoms with Gasteiger partial charge in [0.25, 0.3) is 0 Å². The van der Waals surface area contributed by atoms with Gasteiger partial charge < -0.3 is 4.90 Å². The lowest BCUT2D eigenvalue weighted by Gasteiger charge is -2.38. The van der Waals surface area contributed by atoms with E-state index in [1.807, 2.05) is 0 Å². The molecule has 0 N–H and O–H groups in total. The van der Waals surface area contributed by atoms with Crippen molar-refractivity contribution in [2.45, 2.75) is 19.8 Å². The van der Waals surface area contributed by atoms with Crippen molar-refractivity contribution in [3.8, 4) is 0 Å². The van der Waals surface area contributed by atoms with Gasteiger partial charge in [0.05, 0.1) is 0 Å². The van der Waals surface area contributed by atoms with Crippen molar-refractivity contribution in [2.24, 2.45) is 0 Å². The van der Waals surface area contributed by atoms with Gasteiger partial charge in [-0.2, -0.15) is 0 Å². The lowest BCUT2D eigenvalue weighted by molar-refractivity contribution is 0.974. The van der Waals surface area contributed by atoms with E-state index in [9.17, 15) is 0 Å². The summed E-state index contributed by atoms with van der Waals surface area (Å²) in [6.07, 6.45) is 2.21. The second kappa shape index (κ2) is 6.38. The number of hydrogen-bond acceptors (Lipinski definition) is 1. The van der Waals surface area contributed by atoms with Crippen LogP contribution in [0.5, 0.6) is 0 Å². The minimum Gasteiger partial charge on any atom is -0.312 e. The first-order valence-electron chi connectivity index (χ1n) is 10.5. The number of nitrogens with zero attached hydrogens (tertiary/aromatic N) is 1. The van der Waals surface area contributed by atoms with Crippen LogP contribution in [0.25, 0.3) is 0 Å². The standard InChI is InChI=1S/C27H22BN/c1-19-17-21-16-15-20-9-5-6-12-23(20)28-24-13-7-8-14-25(24)29(26(18-19)27(21)28)22-10-3-2-4-11-22/h2-14,17-18H,15-16H2,1H3. The van der Waals surface area contributed by atoms with Gasteiger partial charge in [-0.3, -0.25) is 0 Å². The Kier molecular flexibility index (Phi) is 3.67. The Morgan fingerprint density at radius 3 is 2.21 bits per heavy atom. The quantitative estimate of drug-likeness (QED) is 0.395. The van der Waals surface area contributed by atoms with Crippen molar-refractivity contribution in [3.05, 3.63) is 108 Å². The number of aryl methyl sites for hydroxylation is 3. The van der Waals surface area contributed by atoms with Crippen LogP contribution in [0.4, 0.5) is 17.1 Å². The van der Waals surface area contributed by atoms with Gasteiger partial charge in [0, 0.05) is 17.1 Å². The van der Waals surface area contributed by atoms with E-state index in [0.29, 0.717) is 6.71 Å². The van der Waals surface area contributed by atoms with Gasteiger partial charge in [-0.25, -0.2) is 0 Å². The predicted octanol–water partition coefficient (Wildman–Crippen LogP) is 4.39. The summed E-state index contributed by atoms with van der Waals surface area (Å²) in [5.74, 6) is 0. The third-order valence-corrected chi connectivity index (χ3v) is 6.45. The van der Waals surface area contributed by atoms with E-state index in [1.165, 1.54) is 50.1 Å². The average molecular weight is 371 g/mol. The highest BCUT2D eigenvalue weighted by molar-refractivity contribution is 6.98. The number of anilines is 3. The smallest absolute Gasteiger partial charge is 0.247 e. The Labute approximate surface area is 172 Å². The van der Waals surface area contributed by atoms with Crippen LogP contribution < -0.4 is 21.3 Å². The zero-order chi connectivity index (χ0) is 19.4. The van der Waals surface area contributed by atoms with Crippen molar-refractivity contribution >= 4 is 40.2 Å². The molecule has 0 radical (unpaired) electrons. The van der Waals surface area contributed by atoms with Crippen molar-refractivity contribution in [1.82, 2.24) is 0 Å². The van der Waals surface area contributed by atoms with Crippen LogP contribution in [-0.4, -0.2) is 6.71 Å². The number of rotatable bonds is 1. The normalized spacial score (nSPS) is 14.0. The maximum Gasteiger partial charge on any atom is 0.247 e. The zero-order valence-corrected chi connectivity index (χ0v) is 16.6. The molecule has 2 heterocycles. The van der Waals surface area contributed by atoms with E-state index in [2.05, 4.69) is 103 Å². The number of benzene rings is 4. The molecule has 0 amide bonds. The molecule has 4 aromatic rings. The molecule has 6 rings (SSSR count). The van der Waals surface area contributed by atoms with Gasteiger partial charge in [-0.15, -0.1) is 0 Å². The molecule has 0 unspecified atom stereocenters. The summed E-state index contributed by atoms with van der Waals surface area (Å²) in [7, 11) is 0. The van der Waals surface area contributed by atoms with E-state index < -0.39 is 0 Å². The summed E-state index contributed by atoms with van der Waals surface area (Å²) in [4.78, 5) is 2.46. The van der Waals surface area contributed by atoms with Gasteiger partial charge >= 0.3 is 0 Å². The lowest BCUT2D eigenvalue weighted by atomic mass is 9.34. The molecule has 0 aliphatic carbocycles. The molecule has 0 spiro atoms. The highest BCUT2D eigenvalue weighted by Gasteiger charge is 2.38. The van der Waals surface area contributed by atoms with Crippen molar-refractivity contribution in [3.63, 3.8) is 0 Å². The molecule has 0 aromatic heterocycles. The average Bonchev–Trinajstić information content (AvgIpc) is 2.93. The minimum absolute atomic E-state index is 0.301. The lowest BCUT2D eigenvalue weighted by Crippen LogP contribution is -2.58. The molecule has 0 saturated heterocycles. The fraction of sp³-hybridized carbons (Fsp3) is 0.111. The second-order valence-electron chi connectivity index (χ2n) is 8.22. The van der Waals surface area contributed by atoms with Crippen LogP contribution in [0, 0.1) is 6.92 Å². The van der Waals surface area contributed by atoms with E-state index in [-0.39, 0.29) is 0 Å². The Morgan fingerprint density at radius 2 is 1.34 bits per heavy atom. The highest BCUT2D eigenvalue weighted by Crippen LogP contribution is 2.37. The van der Waals surface area contributed by atoms with Crippen LogP contribution in [0.3, 0.4) is 0 Å². The summed E-state index contributed by atoms with van der Waals surface area (Å²) < 4.78 is 0.